The van der Waals surface area contributed by atoms with E-state index < -0.39 is 0 Å². The topological polar surface area (TPSA) is 62.4 Å². The fourth-order valence-electron chi connectivity index (χ4n) is 3.69. The first-order valence-corrected chi connectivity index (χ1v) is 9.64. The predicted molar refractivity (Wildman–Crippen MR) is 113 cm³/mol. The van der Waals surface area contributed by atoms with E-state index in [2.05, 4.69) is 53.6 Å². The summed E-state index contributed by atoms with van der Waals surface area (Å²) in [4.78, 5) is 4.61. The third kappa shape index (κ3) is 4.25. The zero-order valence-corrected chi connectivity index (χ0v) is 15.7. The normalized spacial score (nSPS) is 22.3. The number of rotatable bonds is 5. The van der Waals surface area contributed by atoms with Crippen molar-refractivity contribution >= 4 is 24.2 Å². The molecule has 1 saturated heterocycles. The number of allylic oxidation sites excluding steroid dienone is 3. The molecule has 0 saturated carbocycles. The van der Waals surface area contributed by atoms with Gasteiger partial charge in [0.15, 0.2) is 0 Å². The molecular formula is C22H30N4. The first-order chi connectivity index (χ1) is 12.7. The number of piperidine rings is 1. The van der Waals surface area contributed by atoms with Crippen LogP contribution in [0.1, 0.15) is 44.1 Å². The van der Waals surface area contributed by atoms with Crippen LogP contribution in [0.2, 0.25) is 0 Å². The molecule has 0 bridgehead atoms. The van der Waals surface area contributed by atoms with Crippen LogP contribution in [0.5, 0.6) is 0 Å². The highest BCUT2D eigenvalue weighted by Crippen LogP contribution is 2.24. The van der Waals surface area contributed by atoms with Crippen molar-refractivity contribution in [3.05, 3.63) is 52.6 Å². The van der Waals surface area contributed by atoms with Crippen LogP contribution in [0.15, 0.2) is 41.6 Å². The number of aliphatic imine (C=N–C) groups is 1. The summed E-state index contributed by atoms with van der Waals surface area (Å²) in [7, 11) is 0. The van der Waals surface area contributed by atoms with Crippen molar-refractivity contribution in [1.82, 2.24) is 5.32 Å². The molecule has 2 aliphatic rings. The van der Waals surface area contributed by atoms with E-state index in [-0.39, 0.29) is 0 Å². The molecule has 1 unspecified atom stereocenters. The summed E-state index contributed by atoms with van der Waals surface area (Å²) in [5.74, 6) is 0.308. The minimum Gasteiger partial charge on any atom is -0.404 e. The molecule has 2 aliphatic heterocycles. The predicted octanol–water partition coefficient (Wildman–Crippen LogP) is 2.37. The summed E-state index contributed by atoms with van der Waals surface area (Å²) in [6, 6.07) is 4.95. The number of hydrogen-bond donors (Lipinski definition) is 3. The molecule has 1 atom stereocenters. The van der Waals surface area contributed by atoms with E-state index in [1.54, 1.807) is 6.20 Å². The Kier molecular flexibility index (Phi) is 6.29. The standard InChI is InChI=1S/C22H30N4/c1-3-5-16-12-18(17-6-7-19(4-2)25-15-17)13-22(21(16)14-23)26-20-8-10-24-11-9-20/h3,5,7,12-15,17,20,24,26H,1,4,6,8-11,23H2,2H3/b16-5-,21-14+. The molecule has 0 aromatic heterocycles. The Morgan fingerprint density at radius 2 is 2.15 bits per heavy atom. The molecule has 1 aromatic rings. The van der Waals surface area contributed by atoms with Crippen molar-refractivity contribution in [1.29, 1.82) is 0 Å². The van der Waals surface area contributed by atoms with Crippen molar-refractivity contribution < 1.29 is 0 Å². The minimum absolute atomic E-state index is 0.308. The number of nitrogens with zero attached hydrogens (tertiary/aromatic N) is 1. The highest BCUT2D eigenvalue weighted by atomic mass is 15.0. The molecule has 138 valence electrons. The lowest BCUT2D eigenvalue weighted by molar-refractivity contribution is 0.479. The van der Waals surface area contributed by atoms with Gasteiger partial charge in [0.2, 0.25) is 0 Å². The van der Waals surface area contributed by atoms with Gasteiger partial charge in [-0.1, -0.05) is 37.8 Å². The lowest BCUT2D eigenvalue weighted by atomic mass is 9.92. The van der Waals surface area contributed by atoms with E-state index in [1.807, 2.05) is 12.2 Å². The van der Waals surface area contributed by atoms with E-state index in [4.69, 9.17) is 5.73 Å². The Labute approximate surface area is 156 Å². The number of hydrogen-bond acceptors (Lipinski definition) is 4. The Morgan fingerprint density at radius 3 is 2.77 bits per heavy atom. The molecule has 0 radical (unpaired) electrons. The van der Waals surface area contributed by atoms with E-state index in [9.17, 15) is 0 Å². The lowest BCUT2D eigenvalue weighted by Crippen LogP contribution is -2.38. The zero-order chi connectivity index (χ0) is 18.4. The SMILES string of the molecule is C=C/C=c1/cc(C2C=NC(CC)=CC2)cc(NC2CCNCC2)/c1=C/N. The van der Waals surface area contributed by atoms with E-state index in [0.717, 1.165) is 54.9 Å². The van der Waals surface area contributed by atoms with Crippen molar-refractivity contribution in [2.45, 2.75) is 44.6 Å². The highest BCUT2D eigenvalue weighted by molar-refractivity contribution is 5.72. The third-order valence-electron chi connectivity index (χ3n) is 5.22. The fourth-order valence-corrected chi connectivity index (χ4v) is 3.69. The van der Waals surface area contributed by atoms with Gasteiger partial charge in [-0.2, -0.15) is 0 Å². The Morgan fingerprint density at radius 1 is 1.35 bits per heavy atom. The second-order valence-electron chi connectivity index (χ2n) is 6.98. The summed E-state index contributed by atoms with van der Waals surface area (Å²) in [5, 5.41) is 9.30. The van der Waals surface area contributed by atoms with Gasteiger partial charge in [0.1, 0.15) is 0 Å². The molecule has 0 spiro atoms. The van der Waals surface area contributed by atoms with Gasteiger partial charge in [0.05, 0.1) is 0 Å². The molecule has 3 rings (SSSR count). The van der Waals surface area contributed by atoms with Crippen molar-refractivity contribution in [2.75, 3.05) is 18.4 Å². The first-order valence-electron chi connectivity index (χ1n) is 9.64. The highest BCUT2D eigenvalue weighted by Gasteiger charge is 2.16. The summed E-state index contributed by atoms with van der Waals surface area (Å²) in [6.45, 7) is 8.13. The summed E-state index contributed by atoms with van der Waals surface area (Å²) < 4.78 is 0. The van der Waals surface area contributed by atoms with Gasteiger partial charge in [-0.05, 0) is 55.6 Å². The van der Waals surface area contributed by atoms with Gasteiger partial charge in [-0.25, -0.2) is 0 Å². The molecule has 1 aromatic carbocycles. The molecule has 4 N–H and O–H groups in total. The van der Waals surface area contributed by atoms with Crippen LogP contribution in [0, 0.1) is 0 Å². The second kappa shape index (κ2) is 8.86. The van der Waals surface area contributed by atoms with E-state index >= 15 is 0 Å². The smallest absolute Gasteiger partial charge is 0.0439 e. The van der Waals surface area contributed by atoms with Crippen molar-refractivity contribution in [3.8, 4) is 0 Å². The summed E-state index contributed by atoms with van der Waals surface area (Å²) in [5.41, 5.74) is 9.55. The Balaban J connectivity index is 1.98. The minimum atomic E-state index is 0.308. The maximum atomic E-state index is 5.98. The lowest BCUT2D eigenvalue weighted by Gasteiger charge is -2.26. The zero-order valence-electron chi connectivity index (χ0n) is 15.7. The van der Waals surface area contributed by atoms with Gasteiger partial charge < -0.3 is 16.4 Å². The van der Waals surface area contributed by atoms with Gasteiger partial charge in [0.25, 0.3) is 0 Å². The Hall–Kier alpha value is -2.33. The Bertz CT molecular complexity index is 813. The fraction of sp³-hybridized carbons (Fsp3) is 0.409. The maximum absolute atomic E-state index is 5.98. The van der Waals surface area contributed by atoms with E-state index in [1.165, 1.54) is 11.3 Å². The van der Waals surface area contributed by atoms with Crippen LogP contribution in [0.4, 0.5) is 5.69 Å². The van der Waals surface area contributed by atoms with Crippen molar-refractivity contribution in [3.63, 3.8) is 0 Å². The van der Waals surface area contributed by atoms with Crippen LogP contribution in [-0.2, 0) is 0 Å². The van der Waals surface area contributed by atoms with Crippen LogP contribution in [0.25, 0.3) is 12.3 Å². The summed E-state index contributed by atoms with van der Waals surface area (Å²) in [6.07, 6.45) is 14.1. The molecule has 4 heteroatoms. The van der Waals surface area contributed by atoms with Crippen LogP contribution < -0.4 is 26.8 Å². The quantitative estimate of drug-likeness (QED) is 0.764. The molecular weight excluding hydrogens is 320 g/mol. The average molecular weight is 351 g/mol. The second-order valence-corrected chi connectivity index (χ2v) is 6.98. The van der Waals surface area contributed by atoms with Crippen LogP contribution in [0.3, 0.4) is 0 Å². The third-order valence-corrected chi connectivity index (χ3v) is 5.22. The first kappa shape index (κ1) is 18.5. The van der Waals surface area contributed by atoms with Gasteiger partial charge >= 0.3 is 0 Å². The summed E-state index contributed by atoms with van der Waals surface area (Å²) >= 11 is 0. The van der Waals surface area contributed by atoms with Gasteiger partial charge in [-0.3, -0.25) is 4.99 Å². The average Bonchev–Trinajstić information content (AvgIpc) is 2.69. The monoisotopic (exact) mass is 350 g/mol. The molecule has 0 aliphatic carbocycles. The number of anilines is 1. The molecule has 26 heavy (non-hydrogen) atoms. The largest absolute Gasteiger partial charge is 0.404 e. The van der Waals surface area contributed by atoms with Crippen LogP contribution >= 0.6 is 0 Å². The van der Waals surface area contributed by atoms with Gasteiger partial charge in [0, 0.05) is 41.0 Å². The number of benzene rings is 1. The molecule has 1 fully saturated rings. The molecule has 0 amide bonds. The van der Waals surface area contributed by atoms with Crippen molar-refractivity contribution in [2.24, 2.45) is 10.7 Å². The molecule has 4 nitrogen and oxygen atoms in total. The van der Waals surface area contributed by atoms with Gasteiger partial charge in [-0.15, -0.1) is 0 Å². The number of nitrogens with two attached hydrogens (primary N) is 1. The maximum Gasteiger partial charge on any atom is 0.0439 e. The van der Waals surface area contributed by atoms with E-state index in [0.29, 0.717) is 12.0 Å². The molecule has 2 heterocycles. The number of nitrogens with one attached hydrogen (secondary N) is 2. The van der Waals surface area contributed by atoms with Crippen LogP contribution in [-0.4, -0.2) is 25.3 Å².